The average Bonchev–Trinajstić information content (AvgIpc) is 2.69. The largest absolute Gasteiger partial charge is 0.352 e. The lowest BCUT2D eigenvalue weighted by Gasteiger charge is -2.09. The summed E-state index contributed by atoms with van der Waals surface area (Å²) in [6, 6.07) is 13.7. The molecule has 0 spiro atoms. The van der Waals surface area contributed by atoms with Crippen molar-refractivity contribution >= 4 is 15.9 Å². The second-order valence-corrected chi connectivity index (χ2v) is 8.77. The van der Waals surface area contributed by atoms with E-state index in [1.807, 2.05) is 6.92 Å². The summed E-state index contributed by atoms with van der Waals surface area (Å²) in [5.41, 5.74) is 2.39. The third-order valence-electron chi connectivity index (χ3n) is 4.58. The van der Waals surface area contributed by atoms with Gasteiger partial charge in [-0.25, -0.2) is 13.1 Å². The molecule has 0 radical (unpaired) electrons. The number of nitrogens with one attached hydrogen (secondary N) is 2. The van der Waals surface area contributed by atoms with E-state index >= 15 is 0 Å². The summed E-state index contributed by atoms with van der Waals surface area (Å²) >= 11 is 0. The monoisotopic (exact) mass is 402 g/mol. The molecule has 0 aliphatic rings. The first-order valence-electron chi connectivity index (χ1n) is 9.86. The molecule has 0 atom stereocenters. The Hall–Kier alpha value is -2.18. The maximum Gasteiger partial charge on any atom is 0.251 e. The van der Waals surface area contributed by atoms with Crippen molar-refractivity contribution in [1.82, 2.24) is 10.0 Å². The predicted octanol–water partition coefficient (Wildman–Crippen LogP) is 4.17. The van der Waals surface area contributed by atoms with Crippen molar-refractivity contribution in [1.29, 1.82) is 0 Å². The van der Waals surface area contributed by atoms with Crippen LogP contribution in [0.4, 0.5) is 0 Å². The number of benzene rings is 2. The lowest BCUT2D eigenvalue weighted by molar-refractivity contribution is 0.0953. The minimum atomic E-state index is -3.55. The Morgan fingerprint density at radius 2 is 1.54 bits per heavy atom. The first-order valence-corrected chi connectivity index (χ1v) is 11.3. The van der Waals surface area contributed by atoms with Crippen LogP contribution in [0.2, 0.25) is 0 Å². The van der Waals surface area contributed by atoms with Crippen LogP contribution in [0.5, 0.6) is 0 Å². The fraction of sp³-hybridized carbons (Fsp3) is 0.409. The molecule has 152 valence electrons. The highest BCUT2D eigenvalue weighted by Crippen LogP contribution is 2.11. The Labute approximate surface area is 168 Å². The lowest BCUT2D eigenvalue weighted by Crippen LogP contribution is -2.25. The highest BCUT2D eigenvalue weighted by atomic mass is 32.2. The van der Waals surface area contributed by atoms with Crippen LogP contribution in [0.1, 0.15) is 60.5 Å². The van der Waals surface area contributed by atoms with E-state index in [0.29, 0.717) is 12.1 Å². The number of aryl methyl sites for hydroxylation is 1. The van der Waals surface area contributed by atoms with Crippen molar-refractivity contribution in [3.05, 3.63) is 65.2 Å². The fourth-order valence-corrected chi connectivity index (χ4v) is 3.80. The minimum absolute atomic E-state index is 0.0951. The van der Waals surface area contributed by atoms with Crippen LogP contribution in [-0.2, 0) is 16.6 Å². The zero-order valence-electron chi connectivity index (χ0n) is 16.7. The van der Waals surface area contributed by atoms with E-state index in [-0.39, 0.29) is 17.3 Å². The SMILES string of the molecule is CCCCCCCNC(=O)c1ccc(CNS(=O)(=O)c2ccc(C)cc2)cc1. The molecule has 0 saturated carbocycles. The first-order chi connectivity index (χ1) is 13.4. The van der Waals surface area contributed by atoms with Crippen LogP contribution in [0.25, 0.3) is 0 Å². The Balaban J connectivity index is 1.82. The first kappa shape index (κ1) is 22.1. The Bertz CT molecular complexity index is 844. The lowest BCUT2D eigenvalue weighted by atomic mass is 10.1. The summed E-state index contributed by atoms with van der Waals surface area (Å²) in [5.74, 6) is -0.0951. The zero-order chi connectivity index (χ0) is 20.4. The second kappa shape index (κ2) is 11.0. The number of amides is 1. The van der Waals surface area contributed by atoms with E-state index in [4.69, 9.17) is 0 Å². The molecule has 5 nitrogen and oxygen atoms in total. The normalized spacial score (nSPS) is 11.4. The number of unbranched alkanes of at least 4 members (excludes halogenated alkanes) is 4. The van der Waals surface area contributed by atoms with E-state index < -0.39 is 10.0 Å². The summed E-state index contributed by atoms with van der Waals surface area (Å²) in [6.07, 6.45) is 5.78. The van der Waals surface area contributed by atoms with Gasteiger partial charge in [0.1, 0.15) is 0 Å². The van der Waals surface area contributed by atoms with Gasteiger partial charge in [-0.15, -0.1) is 0 Å². The smallest absolute Gasteiger partial charge is 0.251 e. The highest BCUT2D eigenvalue weighted by Gasteiger charge is 2.13. The van der Waals surface area contributed by atoms with E-state index in [9.17, 15) is 13.2 Å². The molecule has 0 aliphatic heterocycles. The van der Waals surface area contributed by atoms with Gasteiger partial charge in [-0.3, -0.25) is 4.79 Å². The third kappa shape index (κ3) is 7.09. The van der Waals surface area contributed by atoms with E-state index in [1.165, 1.54) is 19.3 Å². The number of rotatable bonds is 11. The molecule has 28 heavy (non-hydrogen) atoms. The van der Waals surface area contributed by atoms with Crippen molar-refractivity contribution in [3.63, 3.8) is 0 Å². The van der Waals surface area contributed by atoms with Crippen LogP contribution in [0.3, 0.4) is 0 Å². The summed E-state index contributed by atoms with van der Waals surface area (Å²) in [7, 11) is -3.55. The Morgan fingerprint density at radius 1 is 0.893 bits per heavy atom. The molecule has 0 bridgehead atoms. The van der Waals surface area contributed by atoms with E-state index in [0.717, 1.165) is 24.0 Å². The van der Waals surface area contributed by atoms with E-state index in [2.05, 4.69) is 17.0 Å². The van der Waals surface area contributed by atoms with Gasteiger partial charge in [-0.1, -0.05) is 62.4 Å². The Morgan fingerprint density at radius 3 is 2.18 bits per heavy atom. The fourth-order valence-electron chi connectivity index (χ4n) is 2.79. The van der Waals surface area contributed by atoms with Crippen molar-refractivity contribution in [2.75, 3.05) is 6.54 Å². The standard InChI is InChI=1S/C22H30N2O3S/c1-3-4-5-6-7-16-23-22(25)20-12-10-19(11-13-20)17-24-28(26,27)21-14-8-18(2)9-15-21/h8-15,24H,3-7,16-17H2,1-2H3,(H,23,25). The molecule has 0 unspecified atom stereocenters. The highest BCUT2D eigenvalue weighted by molar-refractivity contribution is 7.89. The molecule has 6 heteroatoms. The molecule has 0 aliphatic carbocycles. The molecule has 0 heterocycles. The van der Waals surface area contributed by atoms with Crippen molar-refractivity contribution in [2.45, 2.75) is 57.4 Å². The summed E-state index contributed by atoms with van der Waals surface area (Å²) in [6.45, 7) is 4.95. The number of carbonyl (C=O) groups is 1. The maximum atomic E-state index is 12.3. The van der Waals surface area contributed by atoms with Crippen LogP contribution < -0.4 is 10.0 Å². The van der Waals surface area contributed by atoms with Crippen LogP contribution in [-0.4, -0.2) is 20.9 Å². The topological polar surface area (TPSA) is 75.3 Å². The Kier molecular flexibility index (Phi) is 8.67. The van der Waals surface area contributed by atoms with Crippen LogP contribution >= 0.6 is 0 Å². The number of hydrogen-bond acceptors (Lipinski definition) is 3. The van der Waals surface area contributed by atoms with Crippen molar-refractivity contribution < 1.29 is 13.2 Å². The molecule has 1 amide bonds. The van der Waals surface area contributed by atoms with Gasteiger partial charge in [0.2, 0.25) is 10.0 Å². The molecule has 0 aromatic heterocycles. The molecule has 0 fully saturated rings. The van der Waals surface area contributed by atoms with Crippen molar-refractivity contribution in [3.8, 4) is 0 Å². The average molecular weight is 403 g/mol. The van der Waals surface area contributed by atoms with Crippen LogP contribution in [0.15, 0.2) is 53.4 Å². The maximum absolute atomic E-state index is 12.3. The van der Waals surface area contributed by atoms with Gasteiger partial charge in [0, 0.05) is 18.7 Å². The van der Waals surface area contributed by atoms with E-state index in [1.54, 1.807) is 48.5 Å². The molecular formula is C22H30N2O3S. The van der Waals surface area contributed by atoms with Gasteiger partial charge in [-0.2, -0.15) is 0 Å². The number of carbonyl (C=O) groups excluding carboxylic acids is 1. The molecule has 2 N–H and O–H groups in total. The summed E-state index contributed by atoms with van der Waals surface area (Å²) in [4.78, 5) is 12.4. The van der Waals surface area contributed by atoms with Gasteiger partial charge in [0.25, 0.3) is 5.91 Å². The summed E-state index contributed by atoms with van der Waals surface area (Å²) < 4.78 is 27.2. The van der Waals surface area contributed by atoms with Gasteiger partial charge in [-0.05, 0) is 43.2 Å². The van der Waals surface area contributed by atoms with Crippen molar-refractivity contribution in [2.24, 2.45) is 0 Å². The van der Waals surface area contributed by atoms with Gasteiger partial charge in [0.05, 0.1) is 4.90 Å². The number of sulfonamides is 1. The molecule has 0 saturated heterocycles. The molecule has 2 aromatic carbocycles. The predicted molar refractivity (Wildman–Crippen MR) is 113 cm³/mol. The quantitative estimate of drug-likeness (QED) is 0.554. The molecule has 2 rings (SSSR count). The summed E-state index contributed by atoms with van der Waals surface area (Å²) in [5, 5.41) is 2.93. The molecule has 2 aromatic rings. The third-order valence-corrected chi connectivity index (χ3v) is 6.00. The van der Waals surface area contributed by atoms with Gasteiger partial charge in [0.15, 0.2) is 0 Å². The van der Waals surface area contributed by atoms with Gasteiger partial charge >= 0.3 is 0 Å². The second-order valence-electron chi connectivity index (χ2n) is 7.00. The zero-order valence-corrected chi connectivity index (χ0v) is 17.5. The van der Waals surface area contributed by atoms with Crippen LogP contribution in [0, 0.1) is 6.92 Å². The van der Waals surface area contributed by atoms with Gasteiger partial charge < -0.3 is 5.32 Å². The molecular weight excluding hydrogens is 372 g/mol. The minimum Gasteiger partial charge on any atom is -0.352 e. The number of hydrogen-bond donors (Lipinski definition) is 2.